The number of hydrogen-bond donors (Lipinski definition) is 2. The Bertz CT molecular complexity index is 343. The van der Waals surface area contributed by atoms with Crippen molar-refractivity contribution >= 4 is 12.1 Å². The van der Waals surface area contributed by atoms with E-state index in [2.05, 4.69) is 5.32 Å². The summed E-state index contributed by atoms with van der Waals surface area (Å²) in [6.07, 6.45) is 5.61. The fourth-order valence-electron chi connectivity index (χ4n) is 1.94. The van der Waals surface area contributed by atoms with Gasteiger partial charge in [0.2, 0.25) is 0 Å². The van der Waals surface area contributed by atoms with E-state index in [0.29, 0.717) is 6.42 Å². The van der Waals surface area contributed by atoms with Crippen LogP contribution in [0.25, 0.3) is 0 Å². The molecule has 1 amide bonds. The number of alkyl carbamates (subject to hydrolysis) is 1. The molecule has 0 saturated heterocycles. The first kappa shape index (κ1) is 14.5. The van der Waals surface area contributed by atoms with Crippen molar-refractivity contribution in [2.75, 3.05) is 0 Å². The molecule has 18 heavy (non-hydrogen) atoms. The van der Waals surface area contributed by atoms with Gasteiger partial charge in [-0.1, -0.05) is 12.2 Å². The average molecular weight is 255 g/mol. The van der Waals surface area contributed by atoms with Gasteiger partial charge in [-0.2, -0.15) is 0 Å². The Morgan fingerprint density at radius 1 is 1.39 bits per heavy atom. The number of carboxylic acids is 1. The first-order valence-electron chi connectivity index (χ1n) is 6.17. The molecule has 1 rings (SSSR count). The molecule has 0 bridgehead atoms. The van der Waals surface area contributed by atoms with Crippen LogP contribution in [0.3, 0.4) is 0 Å². The molecule has 0 aliphatic heterocycles. The molecular formula is C13H21NO4. The number of carbonyl (C=O) groups is 2. The molecule has 0 aromatic heterocycles. The molecule has 0 saturated carbocycles. The van der Waals surface area contributed by atoms with E-state index < -0.39 is 23.7 Å². The van der Waals surface area contributed by atoms with Crippen LogP contribution in [0.15, 0.2) is 12.2 Å². The number of ether oxygens (including phenoxy) is 1. The van der Waals surface area contributed by atoms with Gasteiger partial charge >= 0.3 is 12.1 Å². The summed E-state index contributed by atoms with van der Waals surface area (Å²) in [5, 5.41) is 11.6. The van der Waals surface area contributed by atoms with Gasteiger partial charge in [-0.15, -0.1) is 0 Å². The maximum Gasteiger partial charge on any atom is 0.408 e. The van der Waals surface area contributed by atoms with Gasteiger partial charge in [-0.05, 0) is 46.0 Å². The Morgan fingerprint density at radius 3 is 2.50 bits per heavy atom. The Labute approximate surface area is 107 Å². The van der Waals surface area contributed by atoms with Crippen molar-refractivity contribution in [2.45, 2.75) is 51.7 Å². The summed E-state index contributed by atoms with van der Waals surface area (Å²) in [7, 11) is 0. The van der Waals surface area contributed by atoms with E-state index in [4.69, 9.17) is 4.74 Å². The van der Waals surface area contributed by atoms with Crippen LogP contribution in [0.5, 0.6) is 0 Å². The van der Waals surface area contributed by atoms with Crippen LogP contribution < -0.4 is 5.32 Å². The second kappa shape index (κ2) is 5.89. The van der Waals surface area contributed by atoms with Crippen molar-refractivity contribution in [2.24, 2.45) is 5.92 Å². The highest BCUT2D eigenvalue weighted by Crippen LogP contribution is 2.22. The summed E-state index contributed by atoms with van der Waals surface area (Å²) in [4.78, 5) is 22.8. The smallest absolute Gasteiger partial charge is 0.408 e. The second-order valence-corrected chi connectivity index (χ2v) is 5.51. The van der Waals surface area contributed by atoms with Crippen molar-refractivity contribution in [3.8, 4) is 0 Å². The number of aliphatic carboxylic acids is 1. The molecule has 0 spiro atoms. The normalized spacial score (nSPS) is 21.2. The molecule has 2 unspecified atom stereocenters. The maximum absolute atomic E-state index is 11.6. The first-order valence-corrected chi connectivity index (χ1v) is 6.17. The highest BCUT2D eigenvalue weighted by Gasteiger charge is 2.31. The minimum Gasteiger partial charge on any atom is -0.480 e. The van der Waals surface area contributed by atoms with Gasteiger partial charge in [0.15, 0.2) is 0 Å². The minimum absolute atomic E-state index is 0.0694. The molecule has 0 aromatic carbocycles. The third-order valence-electron chi connectivity index (χ3n) is 2.72. The SMILES string of the molecule is CC(C)(C)OC(=O)NC(C(=O)O)C1CC=CCC1. The van der Waals surface area contributed by atoms with Crippen LogP contribution in [-0.2, 0) is 9.53 Å². The lowest BCUT2D eigenvalue weighted by Gasteiger charge is -2.27. The van der Waals surface area contributed by atoms with Crippen LogP contribution in [0.1, 0.15) is 40.0 Å². The monoisotopic (exact) mass is 255 g/mol. The Kier molecular flexibility index (Phi) is 4.76. The van der Waals surface area contributed by atoms with Crippen molar-refractivity contribution < 1.29 is 19.4 Å². The summed E-state index contributed by atoms with van der Waals surface area (Å²) in [5.41, 5.74) is -0.625. The van der Waals surface area contributed by atoms with E-state index in [1.54, 1.807) is 20.8 Å². The zero-order valence-electron chi connectivity index (χ0n) is 11.1. The van der Waals surface area contributed by atoms with Crippen LogP contribution in [0.4, 0.5) is 4.79 Å². The molecular weight excluding hydrogens is 234 g/mol. The highest BCUT2D eigenvalue weighted by molar-refractivity contribution is 5.80. The number of carbonyl (C=O) groups excluding carboxylic acids is 1. The summed E-state index contributed by atoms with van der Waals surface area (Å²) in [6, 6.07) is -0.884. The summed E-state index contributed by atoms with van der Waals surface area (Å²) in [6.45, 7) is 5.23. The predicted molar refractivity (Wildman–Crippen MR) is 67.3 cm³/mol. The molecule has 0 radical (unpaired) electrons. The van der Waals surface area contributed by atoms with Gasteiger partial charge in [-0.25, -0.2) is 9.59 Å². The van der Waals surface area contributed by atoms with Gasteiger partial charge < -0.3 is 15.2 Å². The van der Waals surface area contributed by atoms with Crippen molar-refractivity contribution in [3.63, 3.8) is 0 Å². The quantitative estimate of drug-likeness (QED) is 0.759. The summed E-state index contributed by atoms with van der Waals surface area (Å²) < 4.78 is 5.08. The standard InChI is InChI=1S/C13H21NO4/c1-13(2,3)18-12(17)14-10(11(15)16)9-7-5-4-6-8-9/h4-5,9-10H,6-8H2,1-3H3,(H,14,17)(H,15,16). The van der Waals surface area contributed by atoms with E-state index in [1.807, 2.05) is 12.2 Å². The van der Waals surface area contributed by atoms with Gasteiger partial charge in [0, 0.05) is 0 Å². The number of carboxylic acid groups (broad SMARTS) is 1. The number of rotatable bonds is 3. The largest absolute Gasteiger partial charge is 0.480 e. The molecule has 0 heterocycles. The van der Waals surface area contributed by atoms with E-state index in [1.165, 1.54) is 0 Å². The second-order valence-electron chi connectivity index (χ2n) is 5.51. The van der Waals surface area contributed by atoms with Gasteiger partial charge in [0.05, 0.1) is 0 Å². The lowest BCUT2D eigenvalue weighted by Crippen LogP contribution is -2.47. The molecule has 1 aliphatic rings. The molecule has 0 aromatic rings. The minimum atomic E-state index is -1.01. The average Bonchev–Trinajstić information content (AvgIpc) is 2.24. The van der Waals surface area contributed by atoms with Crippen molar-refractivity contribution in [1.82, 2.24) is 5.32 Å². The van der Waals surface area contributed by atoms with E-state index in [-0.39, 0.29) is 5.92 Å². The highest BCUT2D eigenvalue weighted by atomic mass is 16.6. The van der Waals surface area contributed by atoms with Crippen molar-refractivity contribution in [3.05, 3.63) is 12.2 Å². The zero-order valence-corrected chi connectivity index (χ0v) is 11.1. The van der Waals surface area contributed by atoms with Gasteiger partial charge in [-0.3, -0.25) is 0 Å². The van der Waals surface area contributed by atoms with E-state index >= 15 is 0 Å². The zero-order chi connectivity index (χ0) is 13.8. The number of nitrogens with one attached hydrogen (secondary N) is 1. The Balaban J connectivity index is 2.60. The Morgan fingerprint density at radius 2 is 2.06 bits per heavy atom. The van der Waals surface area contributed by atoms with E-state index in [9.17, 15) is 14.7 Å². The third-order valence-corrected chi connectivity index (χ3v) is 2.72. The van der Waals surface area contributed by atoms with Crippen LogP contribution >= 0.6 is 0 Å². The topological polar surface area (TPSA) is 75.6 Å². The van der Waals surface area contributed by atoms with Gasteiger partial charge in [0.25, 0.3) is 0 Å². The fraction of sp³-hybridized carbons (Fsp3) is 0.692. The molecule has 102 valence electrons. The third kappa shape index (κ3) is 4.77. The van der Waals surface area contributed by atoms with Crippen LogP contribution in [-0.4, -0.2) is 28.8 Å². The fourth-order valence-corrected chi connectivity index (χ4v) is 1.94. The lowest BCUT2D eigenvalue weighted by molar-refractivity contribution is -0.141. The van der Waals surface area contributed by atoms with Crippen molar-refractivity contribution in [1.29, 1.82) is 0 Å². The Hall–Kier alpha value is -1.52. The predicted octanol–water partition coefficient (Wildman–Crippen LogP) is 2.32. The molecule has 5 nitrogen and oxygen atoms in total. The number of hydrogen-bond acceptors (Lipinski definition) is 3. The van der Waals surface area contributed by atoms with Crippen LogP contribution in [0.2, 0.25) is 0 Å². The molecule has 2 N–H and O–H groups in total. The van der Waals surface area contributed by atoms with E-state index in [0.717, 1.165) is 12.8 Å². The molecule has 0 fully saturated rings. The molecule has 1 aliphatic carbocycles. The van der Waals surface area contributed by atoms with Gasteiger partial charge in [0.1, 0.15) is 11.6 Å². The number of allylic oxidation sites excluding steroid dienone is 2. The molecule has 2 atom stereocenters. The number of amides is 1. The summed E-state index contributed by atoms with van der Waals surface area (Å²) in [5.74, 6) is -1.08. The maximum atomic E-state index is 11.6. The van der Waals surface area contributed by atoms with Crippen LogP contribution in [0, 0.1) is 5.92 Å². The summed E-state index contributed by atoms with van der Waals surface area (Å²) >= 11 is 0. The first-order chi connectivity index (χ1) is 8.29. The molecule has 5 heteroatoms. The lowest BCUT2D eigenvalue weighted by atomic mass is 9.88.